The van der Waals surface area contributed by atoms with Gasteiger partial charge in [0.15, 0.2) is 5.69 Å². The summed E-state index contributed by atoms with van der Waals surface area (Å²) in [5.41, 5.74) is 0.197. The molecule has 0 aliphatic rings. The molecule has 6 heteroatoms. The van der Waals surface area contributed by atoms with E-state index in [0.29, 0.717) is 19.0 Å². The van der Waals surface area contributed by atoms with Crippen LogP contribution in [0.5, 0.6) is 0 Å². The molecule has 1 aromatic heterocycles. The number of rotatable bonds is 8. The second-order valence-electron chi connectivity index (χ2n) is 3.67. The lowest BCUT2D eigenvalue weighted by Gasteiger charge is -2.06. The number of methoxy groups -OCH3 is 1. The fourth-order valence-electron chi connectivity index (χ4n) is 1.23. The van der Waals surface area contributed by atoms with Crippen LogP contribution in [0, 0.1) is 0 Å². The fraction of sp³-hybridized carbons (Fsp3) is 0.583. The molecule has 0 radical (unpaired) electrons. The first kappa shape index (κ1) is 14.4. The molecule has 1 N–H and O–H groups in total. The van der Waals surface area contributed by atoms with Crippen molar-refractivity contribution < 1.29 is 14.3 Å². The summed E-state index contributed by atoms with van der Waals surface area (Å²) in [5.74, 6) is 0.124. The fourth-order valence-corrected chi connectivity index (χ4v) is 1.23. The number of hydrogen-bond donors (Lipinski definition) is 1. The van der Waals surface area contributed by atoms with Crippen molar-refractivity contribution >= 4 is 11.8 Å². The van der Waals surface area contributed by atoms with Gasteiger partial charge >= 0.3 is 5.97 Å². The number of unbranched alkanes of at least 4 members (excludes halogenated alkanes) is 1. The largest absolute Gasteiger partial charge is 0.464 e. The lowest BCUT2D eigenvalue weighted by atomic mass is 10.4. The van der Waals surface area contributed by atoms with Crippen LogP contribution in [0.4, 0.5) is 5.82 Å². The van der Waals surface area contributed by atoms with E-state index in [1.807, 2.05) is 0 Å². The van der Waals surface area contributed by atoms with Crippen molar-refractivity contribution in [2.45, 2.75) is 19.8 Å². The molecule has 0 fully saturated rings. The van der Waals surface area contributed by atoms with E-state index in [0.717, 1.165) is 19.4 Å². The maximum Gasteiger partial charge on any atom is 0.358 e. The van der Waals surface area contributed by atoms with E-state index in [-0.39, 0.29) is 5.69 Å². The van der Waals surface area contributed by atoms with Crippen LogP contribution in [0.15, 0.2) is 12.4 Å². The Balaban J connectivity index is 2.25. The first-order valence-electron chi connectivity index (χ1n) is 6.00. The number of nitrogens with one attached hydrogen (secondary N) is 1. The molecular formula is C12H19N3O3. The van der Waals surface area contributed by atoms with E-state index in [9.17, 15) is 4.79 Å². The van der Waals surface area contributed by atoms with E-state index < -0.39 is 5.97 Å². The van der Waals surface area contributed by atoms with Crippen LogP contribution >= 0.6 is 0 Å². The van der Waals surface area contributed by atoms with E-state index in [1.165, 1.54) is 19.5 Å². The standard InChI is InChI=1S/C12H19N3O3/c1-3-4-6-18-7-5-13-11-9-14-10(8-15-11)12(16)17-2/h8-9H,3-7H2,1-2H3,(H,13,15). The molecule has 0 unspecified atom stereocenters. The zero-order valence-electron chi connectivity index (χ0n) is 10.8. The smallest absolute Gasteiger partial charge is 0.358 e. The van der Waals surface area contributed by atoms with Gasteiger partial charge in [-0.3, -0.25) is 0 Å². The van der Waals surface area contributed by atoms with Gasteiger partial charge in [0, 0.05) is 13.2 Å². The first-order chi connectivity index (χ1) is 8.77. The Morgan fingerprint density at radius 2 is 2.17 bits per heavy atom. The normalized spacial score (nSPS) is 10.1. The summed E-state index contributed by atoms with van der Waals surface area (Å²) in [4.78, 5) is 19.1. The Kier molecular flexibility index (Phi) is 6.71. The van der Waals surface area contributed by atoms with Crippen LogP contribution in [-0.4, -0.2) is 42.8 Å². The molecule has 0 aromatic carbocycles. The second-order valence-corrected chi connectivity index (χ2v) is 3.67. The minimum atomic E-state index is -0.489. The molecule has 1 rings (SSSR count). The molecule has 0 amide bonds. The maximum absolute atomic E-state index is 11.1. The predicted octanol–water partition coefficient (Wildman–Crippen LogP) is 1.49. The van der Waals surface area contributed by atoms with Gasteiger partial charge in [-0.05, 0) is 6.42 Å². The number of carbonyl (C=O) groups excluding carboxylic acids is 1. The highest BCUT2D eigenvalue weighted by atomic mass is 16.5. The van der Waals surface area contributed by atoms with Crippen LogP contribution in [0.2, 0.25) is 0 Å². The molecule has 0 aliphatic heterocycles. The average molecular weight is 253 g/mol. The van der Waals surface area contributed by atoms with Crippen molar-refractivity contribution in [3.63, 3.8) is 0 Å². The summed E-state index contributed by atoms with van der Waals surface area (Å²) in [6.07, 6.45) is 5.09. The number of nitrogens with zero attached hydrogens (tertiary/aromatic N) is 2. The van der Waals surface area contributed by atoms with Gasteiger partial charge in [0.25, 0.3) is 0 Å². The highest BCUT2D eigenvalue weighted by Crippen LogP contribution is 2.01. The quantitative estimate of drug-likeness (QED) is 0.559. The summed E-state index contributed by atoms with van der Waals surface area (Å²) in [6.45, 7) is 4.20. The number of ether oxygens (including phenoxy) is 2. The number of carbonyl (C=O) groups is 1. The van der Waals surface area contributed by atoms with Crippen molar-refractivity contribution in [2.24, 2.45) is 0 Å². The molecule has 18 heavy (non-hydrogen) atoms. The molecule has 0 saturated heterocycles. The predicted molar refractivity (Wildman–Crippen MR) is 67.6 cm³/mol. The van der Waals surface area contributed by atoms with Crippen molar-refractivity contribution in [3.8, 4) is 0 Å². The number of hydrogen-bond acceptors (Lipinski definition) is 6. The molecule has 1 aromatic rings. The van der Waals surface area contributed by atoms with E-state index in [2.05, 4.69) is 26.9 Å². The van der Waals surface area contributed by atoms with Gasteiger partial charge in [-0.2, -0.15) is 0 Å². The highest BCUT2D eigenvalue weighted by Gasteiger charge is 2.06. The molecule has 6 nitrogen and oxygen atoms in total. The van der Waals surface area contributed by atoms with Gasteiger partial charge < -0.3 is 14.8 Å². The second kappa shape index (κ2) is 8.41. The Bertz CT molecular complexity index is 354. The third kappa shape index (κ3) is 5.09. The minimum absolute atomic E-state index is 0.197. The van der Waals surface area contributed by atoms with Gasteiger partial charge in [0.05, 0.1) is 26.1 Å². The van der Waals surface area contributed by atoms with Gasteiger partial charge in [-0.25, -0.2) is 14.8 Å². The highest BCUT2D eigenvalue weighted by molar-refractivity contribution is 5.86. The molecule has 100 valence electrons. The van der Waals surface area contributed by atoms with Crippen molar-refractivity contribution in [1.82, 2.24) is 9.97 Å². The lowest BCUT2D eigenvalue weighted by Crippen LogP contribution is -2.12. The minimum Gasteiger partial charge on any atom is -0.464 e. The monoisotopic (exact) mass is 253 g/mol. The summed E-state index contributed by atoms with van der Waals surface area (Å²) in [7, 11) is 1.31. The SMILES string of the molecule is CCCCOCCNc1cnc(C(=O)OC)cn1. The molecule has 0 saturated carbocycles. The maximum atomic E-state index is 11.1. The van der Waals surface area contributed by atoms with Gasteiger partial charge in [-0.15, -0.1) is 0 Å². The Morgan fingerprint density at radius 3 is 2.78 bits per heavy atom. The van der Waals surface area contributed by atoms with Crippen LogP contribution in [0.3, 0.4) is 0 Å². The topological polar surface area (TPSA) is 73.3 Å². The van der Waals surface area contributed by atoms with Crippen LogP contribution in [0.25, 0.3) is 0 Å². The number of anilines is 1. The van der Waals surface area contributed by atoms with Crippen LogP contribution in [-0.2, 0) is 9.47 Å². The first-order valence-corrected chi connectivity index (χ1v) is 6.00. The average Bonchev–Trinajstić information content (AvgIpc) is 2.42. The Labute approximate surface area is 107 Å². The number of esters is 1. The zero-order chi connectivity index (χ0) is 13.2. The Hall–Kier alpha value is -1.69. The molecule has 0 bridgehead atoms. The van der Waals surface area contributed by atoms with Crippen LogP contribution in [0.1, 0.15) is 30.3 Å². The molecule has 0 spiro atoms. The Morgan fingerprint density at radius 1 is 1.33 bits per heavy atom. The third-order valence-corrected chi connectivity index (χ3v) is 2.24. The molecule has 1 heterocycles. The summed E-state index contributed by atoms with van der Waals surface area (Å²) in [5, 5.41) is 3.05. The van der Waals surface area contributed by atoms with E-state index in [1.54, 1.807) is 0 Å². The van der Waals surface area contributed by atoms with E-state index in [4.69, 9.17) is 4.74 Å². The molecule has 0 aliphatic carbocycles. The van der Waals surface area contributed by atoms with Crippen molar-refractivity contribution in [1.29, 1.82) is 0 Å². The number of aromatic nitrogens is 2. The van der Waals surface area contributed by atoms with Crippen molar-refractivity contribution in [2.75, 3.05) is 32.2 Å². The van der Waals surface area contributed by atoms with Gasteiger partial charge in [0.1, 0.15) is 5.82 Å². The summed E-state index contributed by atoms with van der Waals surface area (Å²) >= 11 is 0. The summed E-state index contributed by atoms with van der Waals surface area (Å²) in [6, 6.07) is 0. The van der Waals surface area contributed by atoms with Crippen molar-refractivity contribution in [3.05, 3.63) is 18.1 Å². The summed E-state index contributed by atoms with van der Waals surface area (Å²) < 4.78 is 9.92. The zero-order valence-corrected chi connectivity index (χ0v) is 10.8. The van der Waals surface area contributed by atoms with E-state index >= 15 is 0 Å². The van der Waals surface area contributed by atoms with Crippen LogP contribution < -0.4 is 5.32 Å². The van der Waals surface area contributed by atoms with Gasteiger partial charge in [-0.1, -0.05) is 13.3 Å². The van der Waals surface area contributed by atoms with Gasteiger partial charge in [0.2, 0.25) is 0 Å². The third-order valence-electron chi connectivity index (χ3n) is 2.24. The molecular weight excluding hydrogens is 234 g/mol. The molecule has 0 atom stereocenters. The lowest BCUT2D eigenvalue weighted by molar-refractivity contribution is 0.0593.